The molecule has 12 N–H and O–H groups in total. The van der Waals surface area contributed by atoms with Gasteiger partial charge < -0.3 is 48.2 Å². The summed E-state index contributed by atoms with van der Waals surface area (Å²) in [4.78, 5) is 70.2. The van der Waals surface area contributed by atoms with Crippen LogP contribution < -0.4 is 33.2 Å². The van der Waals surface area contributed by atoms with E-state index in [0.29, 0.717) is 24.9 Å². The first-order valence-electron chi connectivity index (χ1n) is 15.5. The Morgan fingerprint density at radius 1 is 0.702 bits per heavy atom. The summed E-state index contributed by atoms with van der Waals surface area (Å²) in [5.74, 6) is -4.05. The molecule has 0 aliphatic heterocycles. The Kier molecular flexibility index (Phi) is 12.1. The number of amides is 4. The zero-order valence-corrected chi connectivity index (χ0v) is 26.0. The van der Waals surface area contributed by atoms with E-state index in [1.165, 1.54) is 0 Å². The number of hydrogen-bond donors (Lipinski definition) is 9. The van der Waals surface area contributed by atoms with Crippen LogP contribution in [-0.2, 0) is 36.8 Å². The molecule has 14 nitrogen and oxygen atoms in total. The number of aromatic amines is 2. The maximum Gasteiger partial charge on any atom is 0.326 e. The second-order valence-corrected chi connectivity index (χ2v) is 11.5. The molecule has 0 saturated heterocycles. The number of hydrogen-bond acceptors (Lipinski definition) is 7. The first-order valence-corrected chi connectivity index (χ1v) is 15.5. The number of carboxylic acid groups (broad SMARTS) is 1. The van der Waals surface area contributed by atoms with Gasteiger partial charge in [-0.15, -0.1) is 0 Å². The summed E-state index contributed by atoms with van der Waals surface area (Å²) in [5.41, 5.74) is 20.5. The van der Waals surface area contributed by atoms with Crippen LogP contribution in [0.2, 0.25) is 0 Å². The number of benzene rings is 2. The summed E-state index contributed by atoms with van der Waals surface area (Å²) in [5, 5.41) is 19.5. The first kappa shape index (κ1) is 34.7. The van der Waals surface area contributed by atoms with Crippen molar-refractivity contribution in [2.45, 2.75) is 69.1 Å². The smallest absolute Gasteiger partial charge is 0.326 e. The zero-order valence-electron chi connectivity index (χ0n) is 26.0. The fourth-order valence-corrected chi connectivity index (χ4v) is 5.49. The van der Waals surface area contributed by atoms with Gasteiger partial charge in [0.1, 0.15) is 18.1 Å². The van der Waals surface area contributed by atoms with Crippen LogP contribution in [0.15, 0.2) is 60.9 Å². The number of carbonyl (C=O) groups is 5. The molecule has 14 heteroatoms. The highest BCUT2D eigenvalue weighted by Crippen LogP contribution is 2.20. The second kappa shape index (κ2) is 16.4. The zero-order chi connectivity index (χ0) is 33.9. The summed E-state index contributed by atoms with van der Waals surface area (Å²) < 4.78 is 0. The number of carboxylic acids is 1. The predicted molar refractivity (Wildman–Crippen MR) is 177 cm³/mol. The number of H-pyrrole nitrogens is 2. The third-order valence-electron chi connectivity index (χ3n) is 8.06. The van der Waals surface area contributed by atoms with Crippen LogP contribution >= 0.6 is 0 Å². The van der Waals surface area contributed by atoms with Gasteiger partial charge in [-0.2, -0.15) is 0 Å². The summed E-state index contributed by atoms with van der Waals surface area (Å²) >= 11 is 0. The Balaban J connectivity index is 1.46. The van der Waals surface area contributed by atoms with Crippen molar-refractivity contribution in [3.63, 3.8) is 0 Å². The number of aliphatic carboxylic acids is 1. The molecule has 2 heterocycles. The molecule has 4 unspecified atom stereocenters. The first-order chi connectivity index (χ1) is 22.6. The Hall–Kier alpha value is -5.21. The molecule has 4 aromatic rings. The number of nitrogens with one attached hydrogen (secondary N) is 5. The van der Waals surface area contributed by atoms with Crippen molar-refractivity contribution >= 4 is 51.4 Å². The van der Waals surface area contributed by atoms with Crippen LogP contribution in [0.3, 0.4) is 0 Å². The minimum absolute atomic E-state index is 0.0341. The molecule has 2 aromatic heterocycles. The van der Waals surface area contributed by atoms with Crippen molar-refractivity contribution in [2.24, 2.45) is 17.2 Å². The van der Waals surface area contributed by atoms with Crippen LogP contribution in [0, 0.1) is 0 Å². The lowest BCUT2D eigenvalue weighted by Gasteiger charge is -2.25. The summed E-state index contributed by atoms with van der Waals surface area (Å²) in [6.45, 7) is 0.374. The van der Waals surface area contributed by atoms with E-state index in [1.807, 2.05) is 48.5 Å². The Labute approximate surface area is 271 Å². The Bertz CT molecular complexity index is 1720. The van der Waals surface area contributed by atoms with Crippen molar-refractivity contribution in [3.8, 4) is 0 Å². The van der Waals surface area contributed by atoms with E-state index < -0.39 is 53.8 Å². The average Bonchev–Trinajstić information content (AvgIpc) is 3.65. The van der Waals surface area contributed by atoms with Crippen molar-refractivity contribution < 1.29 is 29.1 Å². The van der Waals surface area contributed by atoms with Gasteiger partial charge >= 0.3 is 5.97 Å². The lowest BCUT2D eigenvalue weighted by Crippen LogP contribution is -2.57. The topological polar surface area (TPSA) is 251 Å². The number of carbonyl (C=O) groups excluding carboxylic acids is 4. The maximum atomic E-state index is 13.5. The molecule has 4 rings (SSSR count). The normalized spacial score (nSPS) is 13.8. The van der Waals surface area contributed by atoms with Gasteiger partial charge in [-0.1, -0.05) is 36.4 Å². The Morgan fingerprint density at radius 2 is 1.21 bits per heavy atom. The molecule has 4 atom stereocenters. The molecule has 250 valence electrons. The maximum absolute atomic E-state index is 13.5. The minimum atomic E-state index is -1.34. The number of unbranched alkanes of at least 4 members (excludes halogenated alkanes) is 1. The average molecular weight is 647 g/mol. The number of rotatable bonds is 18. The van der Waals surface area contributed by atoms with Crippen LogP contribution in [-0.4, -0.2) is 75.4 Å². The van der Waals surface area contributed by atoms with E-state index >= 15 is 0 Å². The van der Waals surface area contributed by atoms with Gasteiger partial charge in [-0.25, -0.2) is 4.79 Å². The number of nitrogens with two attached hydrogens (primary N) is 3. The van der Waals surface area contributed by atoms with Crippen molar-refractivity contribution in [3.05, 3.63) is 72.1 Å². The van der Waals surface area contributed by atoms with E-state index in [1.54, 1.807) is 12.4 Å². The predicted octanol–water partition coefficient (Wildman–Crippen LogP) is 0.695. The minimum Gasteiger partial charge on any atom is -0.480 e. The quantitative estimate of drug-likeness (QED) is 0.0694. The SMILES string of the molecule is NCCCCC(NC(=O)C(N)Cc1c[nH]c2ccccc12)C(=O)NC(CCC(N)=O)C(=O)NC(Cc1c[nH]c2ccccc12)C(=O)O. The van der Waals surface area contributed by atoms with Crippen LogP contribution in [0.5, 0.6) is 0 Å². The number of fused-ring (bicyclic) bond motifs is 2. The molecule has 0 aliphatic carbocycles. The molecule has 0 radical (unpaired) electrons. The highest BCUT2D eigenvalue weighted by atomic mass is 16.4. The molecule has 0 fully saturated rings. The molecule has 0 aliphatic rings. The summed E-state index contributed by atoms with van der Waals surface area (Å²) in [6.07, 6.45) is 4.49. The lowest BCUT2D eigenvalue weighted by atomic mass is 10.0. The number of para-hydroxylation sites is 2. The fourth-order valence-electron chi connectivity index (χ4n) is 5.49. The van der Waals surface area contributed by atoms with Crippen molar-refractivity contribution in [2.75, 3.05) is 6.54 Å². The highest BCUT2D eigenvalue weighted by molar-refractivity contribution is 5.95. The standard InChI is InChI=1S/C33H42N8O6/c34-14-6-5-11-26(39-30(43)23(35)15-19-17-37-24-9-3-1-7-21(19)24)31(44)40-27(12-13-29(36)42)32(45)41-28(33(46)47)16-20-18-38-25-10-4-2-8-22(20)25/h1-4,7-10,17-18,23,26-28,37-38H,5-6,11-16,34-35H2,(H2,36,42)(H,39,43)(H,40,44)(H,41,45)(H,46,47). The number of aromatic nitrogens is 2. The molecule has 0 bridgehead atoms. The van der Waals surface area contributed by atoms with Crippen LogP contribution in [0.25, 0.3) is 21.8 Å². The summed E-state index contributed by atoms with van der Waals surface area (Å²) in [7, 11) is 0. The van der Waals surface area contributed by atoms with Gasteiger partial charge in [0.05, 0.1) is 6.04 Å². The van der Waals surface area contributed by atoms with Crippen molar-refractivity contribution in [1.29, 1.82) is 0 Å². The van der Waals surface area contributed by atoms with Crippen LogP contribution in [0.1, 0.15) is 43.2 Å². The van der Waals surface area contributed by atoms with Crippen molar-refractivity contribution in [1.82, 2.24) is 25.9 Å². The molecule has 0 spiro atoms. The molecular weight excluding hydrogens is 604 g/mol. The van der Waals surface area contributed by atoms with Gasteiger partial charge in [0.15, 0.2) is 0 Å². The summed E-state index contributed by atoms with van der Waals surface area (Å²) in [6, 6.07) is 10.2. The molecule has 4 amide bonds. The fraction of sp³-hybridized carbons (Fsp3) is 0.364. The second-order valence-electron chi connectivity index (χ2n) is 11.5. The third-order valence-corrected chi connectivity index (χ3v) is 8.06. The molecule has 0 saturated carbocycles. The molecular formula is C33H42N8O6. The van der Waals surface area contributed by atoms with E-state index in [9.17, 15) is 29.1 Å². The monoisotopic (exact) mass is 646 g/mol. The van der Waals surface area contributed by atoms with Gasteiger partial charge in [0.25, 0.3) is 0 Å². The van der Waals surface area contributed by atoms with E-state index in [2.05, 4.69) is 25.9 Å². The van der Waals surface area contributed by atoms with Gasteiger partial charge in [0, 0.05) is 47.0 Å². The van der Waals surface area contributed by atoms with Gasteiger partial charge in [-0.3, -0.25) is 19.2 Å². The highest BCUT2D eigenvalue weighted by Gasteiger charge is 2.31. The van der Waals surface area contributed by atoms with E-state index in [-0.39, 0.29) is 32.1 Å². The number of primary amides is 1. The molecule has 47 heavy (non-hydrogen) atoms. The van der Waals surface area contributed by atoms with Gasteiger partial charge in [-0.05, 0) is 61.9 Å². The molecule has 2 aromatic carbocycles. The van der Waals surface area contributed by atoms with Gasteiger partial charge in [0.2, 0.25) is 23.6 Å². The third kappa shape index (κ3) is 9.40. The van der Waals surface area contributed by atoms with Crippen LogP contribution in [0.4, 0.5) is 0 Å². The Morgan fingerprint density at radius 3 is 1.77 bits per heavy atom. The largest absolute Gasteiger partial charge is 0.480 e. The van der Waals surface area contributed by atoms with E-state index in [4.69, 9.17) is 17.2 Å². The van der Waals surface area contributed by atoms with E-state index in [0.717, 1.165) is 27.4 Å². The lowest BCUT2D eigenvalue weighted by molar-refractivity contribution is -0.142.